The van der Waals surface area contributed by atoms with Crippen molar-refractivity contribution >= 4 is 29.0 Å². The van der Waals surface area contributed by atoms with Crippen LogP contribution in [0.5, 0.6) is 0 Å². The lowest BCUT2D eigenvalue weighted by Gasteiger charge is -2.30. The van der Waals surface area contributed by atoms with Crippen molar-refractivity contribution in [1.82, 2.24) is 15.3 Å². The maximum absolute atomic E-state index is 6.59. The molecule has 0 bridgehead atoms. The van der Waals surface area contributed by atoms with Gasteiger partial charge in [-0.2, -0.15) is 0 Å². The number of anilines is 1. The summed E-state index contributed by atoms with van der Waals surface area (Å²) < 4.78 is 11.2. The summed E-state index contributed by atoms with van der Waals surface area (Å²) in [6.07, 6.45) is 12.5. The number of hydrogen-bond acceptors (Lipinski definition) is 6. The summed E-state index contributed by atoms with van der Waals surface area (Å²) in [6, 6.07) is 6.53. The predicted octanol–water partition coefficient (Wildman–Crippen LogP) is 6.16. The summed E-state index contributed by atoms with van der Waals surface area (Å²) >= 11 is 13.2. The van der Waals surface area contributed by atoms with Crippen molar-refractivity contribution in [3.8, 4) is 11.3 Å². The van der Waals surface area contributed by atoms with Crippen LogP contribution in [0.2, 0.25) is 10.0 Å². The summed E-state index contributed by atoms with van der Waals surface area (Å²) in [7, 11) is 0. The second kappa shape index (κ2) is 12.9. The molecule has 2 aromatic heterocycles. The van der Waals surface area contributed by atoms with Crippen molar-refractivity contribution < 1.29 is 9.47 Å². The molecule has 2 N–H and O–H groups in total. The molecule has 2 saturated heterocycles. The van der Waals surface area contributed by atoms with Gasteiger partial charge in [-0.25, -0.2) is 4.98 Å². The molecule has 5 rings (SSSR count). The van der Waals surface area contributed by atoms with Gasteiger partial charge in [-0.1, -0.05) is 23.2 Å². The van der Waals surface area contributed by atoms with Gasteiger partial charge in [0, 0.05) is 56.4 Å². The number of halogens is 2. The van der Waals surface area contributed by atoms with Crippen LogP contribution in [-0.2, 0) is 15.9 Å². The van der Waals surface area contributed by atoms with E-state index in [1.807, 2.05) is 12.1 Å². The average molecular weight is 534 g/mol. The molecule has 1 aliphatic carbocycles. The van der Waals surface area contributed by atoms with Gasteiger partial charge in [-0.15, -0.1) is 0 Å². The molecule has 0 spiro atoms. The molecule has 1 atom stereocenters. The van der Waals surface area contributed by atoms with Crippen molar-refractivity contribution in [1.29, 1.82) is 0 Å². The van der Waals surface area contributed by atoms with Crippen LogP contribution in [0.25, 0.3) is 11.3 Å². The van der Waals surface area contributed by atoms with Crippen molar-refractivity contribution in [3.05, 3.63) is 40.1 Å². The van der Waals surface area contributed by atoms with Crippen LogP contribution in [0.3, 0.4) is 0 Å². The van der Waals surface area contributed by atoms with Gasteiger partial charge in [0.1, 0.15) is 5.82 Å². The summed E-state index contributed by atoms with van der Waals surface area (Å²) in [4.78, 5) is 9.49. The van der Waals surface area contributed by atoms with Crippen molar-refractivity contribution in [2.45, 2.75) is 69.9 Å². The van der Waals surface area contributed by atoms with Gasteiger partial charge in [0.25, 0.3) is 0 Å². The van der Waals surface area contributed by atoms with Crippen LogP contribution in [-0.4, -0.2) is 55.0 Å². The normalized spacial score (nSPS) is 25.2. The van der Waals surface area contributed by atoms with Crippen molar-refractivity contribution in [2.75, 3.05) is 38.2 Å². The van der Waals surface area contributed by atoms with E-state index in [0.717, 1.165) is 69.2 Å². The zero-order chi connectivity index (χ0) is 24.7. The van der Waals surface area contributed by atoms with E-state index in [-0.39, 0.29) is 0 Å². The first kappa shape index (κ1) is 26.2. The Morgan fingerprint density at radius 2 is 1.72 bits per heavy atom. The number of rotatable bonds is 9. The van der Waals surface area contributed by atoms with Gasteiger partial charge in [0.2, 0.25) is 0 Å². The fourth-order valence-electron chi connectivity index (χ4n) is 5.67. The Hall–Kier alpha value is -1.44. The summed E-state index contributed by atoms with van der Waals surface area (Å²) in [6.45, 7) is 4.49. The van der Waals surface area contributed by atoms with E-state index in [4.69, 9.17) is 37.7 Å². The Bertz CT molecular complexity index is 988. The van der Waals surface area contributed by atoms with Crippen LogP contribution in [0.1, 0.15) is 57.1 Å². The molecule has 36 heavy (non-hydrogen) atoms. The Morgan fingerprint density at radius 1 is 0.889 bits per heavy atom. The Morgan fingerprint density at radius 3 is 2.50 bits per heavy atom. The maximum Gasteiger partial charge on any atom is 0.126 e. The number of pyridine rings is 2. The van der Waals surface area contributed by atoms with Gasteiger partial charge in [-0.05, 0) is 87.8 Å². The molecule has 0 unspecified atom stereocenters. The van der Waals surface area contributed by atoms with E-state index in [2.05, 4.69) is 21.7 Å². The molecule has 3 aliphatic rings. The van der Waals surface area contributed by atoms with E-state index in [1.54, 1.807) is 6.20 Å². The van der Waals surface area contributed by atoms with Crippen LogP contribution in [0.4, 0.5) is 5.82 Å². The highest BCUT2D eigenvalue weighted by Crippen LogP contribution is 2.34. The van der Waals surface area contributed by atoms with Gasteiger partial charge < -0.3 is 20.1 Å². The lowest BCUT2D eigenvalue weighted by Crippen LogP contribution is -2.38. The highest BCUT2D eigenvalue weighted by Gasteiger charge is 2.24. The Balaban J connectivity index is 1.18. The minimum Gasteiger partial charge on any atom is -0.381 e. The summed E-state index contributed by atoms with van der Waals surface area (Å²) in [5.74, 6) is 2.07. The third-order valence-corrected chi connectivity index (χ3v) is 8.53. The number of ether oxygens (including phenoxy) is 2. The zero-order valence-electron chi connectivity index (χ0n) is 21.0. The molecule has 2 aromatic rings. The second-order valence-electron chi connectivity index (χ2n) is 10.6. The van der Waals surface area contributed by atoms with Crippen molar-refractivity contribution in [3.63, 3.8) is 0 Å². The first-order chi connectivity index (χ1) is 17.6. The fourth-order valence-corrected chi connectivity index (χ4v) is 6.07. The van der Waals surface area contributed by atoms with E-state index in [1.165, 1.54) is 38.5 Å². The fraction of sp³-hybridized carbons (Fsp3) is 0.643. The molecular weight excluding hydrogens is 495 g/mol. The lowest BCUT2D eigenvalue weighted by molar-refractivity contribution is 0.0699. The molecule has 196 valence electrons. The SMILES string of the molecule is Clc1cnc(CC2CCC(NC[C@@H]3CCCO3)CC2)cc1-c1nc(NCC2CCOCC2)ccc1Cl. The monoisotopic (exact) mass is 532 g/mol. The highest BCUT2D eigenvalue weighted by molar-refractivity contribution is 6.36. The van der Waals surface area contributed by atoms with E-state index >= 15 is 0 Å². The lowest BCUT2D eigenvalue weighted by atomic mass is 9.83. The van der Waals surface area contributed by atoms with Gasteiger partial charge in [-0.3, -0.25) is 4.98 Å². The highest BCUT2D eigenvalue weighted by atomic mass is 35.5. The van der Waals surface area contributed by atoms with Crippen LogP contribution < -0.4 is 10.6 Å². The topological polar surface area (TPSA) is 68.3 Å². The van der Waals surface area contributed by atoms with Crippen molar-refractivity contribution in [2.24, 2.45) is 11.8 Å². The van der Waals surface area contributed by atoms with Crippen LogP contribution in [0.15, 0.2) is 24.4 Å². The predicted molar refractivity (Wildman–Crippen MR) is 146 cm³/mol. The average Bonchev–Trinajstić information content (AvgIpc) is 3.43. The Labute approximate surface area is 224 Å². The van der Waals surface area contributed by atoms with Gasteiger partial charge in [0.15, 0.2) is 0 Å². The van der Waals surface area contributed by atoms with E-state index in [0.29, 0.717) is 39.7 Å². The zero-order valence-corrected chi connectivity index (χ0v) is 22.5. The summed E-state index contributed by atoms with van der Waals surface area (Å²) in [5.41, 5.74) is 2.63. The molecule has 6 nitrogen and oxygen atoms in total. The summed E-state index contributed by atoms with van der Waals surface area (Å²) in [5, 5.41) is 8.40. The third kappa shape index (κ3) is 7.11. The number of nitrogens with one attached hydrogen (secondary N) is 2. The quantitative estimate of drug-likeness (QED) is 0.403. The number of nitrogens with zero attached hydrogens (tertiary/aromatic N) is 2. The first-order valence-corrected chi connectivity index (χ1v) is 14.4. The second-order valence-corrected chi connectivity index (χ2v) is 11.4. The Kier molecular flexibility index (Phi) is 9.37. The van der Waals surface area contributed by atoms with E-state index in [9.17, 15) is 0 Å². The number of aromatic nitrogens is 2. The van der Waals surface area contributed by atoms with Gasteiger partial charge >= 0.3 is 0 Å². The maximum atomic E-state index is 6.59. The molecule has 0 aromatic carbocycles. The molecule has 1 saturated carbocycles. The molecule has 3 fully saturated rings. The first-order valence-electron chi connectivity index (χ1n) is 13.6. The van der Waals surface area contributed by atoms with Gasteiger partial charge in [0.05, 0.1) is 21.8 Å². The molecule has 4 heterocycles. The largest absolute Gasteiger partial charge is 0.381 e. The van der Waals surface area contributed by atoms with Crippen LogP contribution >= 0.6 is 23.2 Å². The smallest absolute Gasteiger partial charge is 0.126 e. The third-order valence-electron chi connectivity index (χ3n) is 7.93. The molecule has 0 amide bonds. The molecular formula is C28H38Cl2N4O2. The minimum atomic E-state index is 0.412. The molecule has 2 aliphatic heterocycles. The number of hydrogen-bond donors (Lipinski definition) is 2. The molecule has 8 heteroatoms. The standard InChI is InChI=1S/C28H38Cl2N4O2/c29-25-7-8-27(33-16-20-9-12-35-13-10-20)34-28(25)24-15-22(32-18-26(24)30)14-19-3-5-21(6-4-19)31-17-23-2-1-11-36-23/h7-8,15,18-21,23,31H,1-6,9-14,16-17H2,(H,33,34)/t19?,21?,23-/m0/s1. The van der Waals surface area contributed by atoms with E-state index < -0.39 is 0 Å². The minimum absolute atomic E-state index is 0.412. The molecule has 0 radical (unpaired) electrons. The van der Waals surface area contributed by atoms with Crippen LogP contribution in [0, 0.1) is 11.8 Å².